The van der Waals surface area contributed by atoms with Crippen LogP contribution in [0, 0.1) is 13.8 Å². The first-order valence-electron chi connectivity index (χ1n) is 8.04. The van der Waals surface area contributed by atoms with Gasteiger partial charge in [0.2, 0.25) is 6.10 Å². The van der Waals surface area contributed by atoms with Crippen molar-refractivity contribution in [3.63, 3.8) is 0 Å². The predicted octanol–water partition coefficient (Wildman–Crippen LogP) is 3.77. The highest BCUT2D eigenvalue weighted by atomic mass is 32.2. The van der Waals surface area contributed by atoms with Crippen LogP contribution in [0.2, 0.25) is 0 Å². The summed E-state index contributed by atoms with van der Waals surface area (Å²) in [5.74, 6) is -0.501. The van der Waals surface area contributed by atoms with Crippen LogP contribution in [0.4, 0.5) is 0 Å². The van der Waals surface area contributed by atoms with E-state index in [4.69, 9.17) is 4.74 Å². The van der Waals surface area contributed by atoms with Gasteiger partial charge < -0.3 is 9.64 Å². The number of amides is 1. The maximum Gasteiger partial charge on any atom is 0.317 e. The van der Waals surface area contributed by atoms with Crippen molar-refractivity contribution in [1.29, 1.82) is 0 Å². The number of benzene rings is 2. The number of likely N-dealkylation sites (N-methyl/N-ethyl adjacent to an activating group) is 1. The highest BCUT2D eigenvalue weighted by Crippen LogP contribution is 2.25. The van der Waals surface area contributed by atoms with Crippen LogP contribution in [-0.4, -0.2) is 36.6 Å². The third kappa shape index (κ3) is 5.36. The van der Waals surface area contributed by atoms with E-state index < -0.39 is 12.1 Å². The van der Waals surface area contributed by atoms with Gasteiger partial charge in [-0.1, -0.05) is 48.0 Å². The van der Waals surface area contributed by atoms with Gasteiger partial charge in [-0.3, -0.25) is 9.59 Å². The van der Waals surface area contributed by atoms with Crippen LogP contribution in [0.25, 0.3) is 0 Å². The number of hydrogen-bond donors (Lipinski definition) is 0. The minimum absolute atomic E-state index is 0.161. The Kier molecular flexibility index (Phi) is 6.65. The Morgan fingerprint density at radius 2 is 1.76 bits per heavy atom. The zero-order valence-electron chi connectivity index (χ0n) is 15.0. The molecule has 0 aliphatic rings. The summed E-state index contributed by atoms with van der Waals surface area (Å²) in [6.45, 7) is 4.05. The van der Waals surface area contributed by atoms with Crippen molar-refractivity contribution >= 4 is 23.6 Å². The number of aryl methyl sites for hydroxylation is 2. The smallest absolute Gasteiger partial charge is 0.317 e. The molecule has 2 rings (SSSR count). The van der Waals surface area contributed by atoms with E-state index in [1.54, 1.807) is 26.2 Å². The SMILES string of the molecule is Cc1ccc(SCC(=O)O[C@H](C(=O)N(C)C)c2ccccc2)c(C)c1. The van der Waals surface area contributed by atoms with Crippen LogP contribution in [0.1, 0.15) is 22.8 Å². The average Bonchev–Trinajstić information content (AvgIpc) is 2.59. The molecule has 4 nitrogen and oxygen atoms in total. The topological polar surface area (TPSA) is 46.6 Å². The number of rotatable bonds is 6. The largest absolute Gasteiger partial charge is 0.447 e. The molecule has 2 aromatic carbocycles. The summed E-state index contributed by atoms with van der Waals surface area (Å²) in [4.78, 5) is 27.2. The number of ether oxygens (including phenoxy) is 1. The highest BCUT2D eigenvalue weighted by molar-refractivity contribution is 8.00. The van der Waals surface area contributed by atoms with Gasteiger partial charge >= 0.3 is 5.97 Å². The fourth-order valence-corrected chi connectivity index (χ4v) is 3.18. The first-order chi connectivity index (χ1) is 11.9. The lowest BCUT2D eigenvalue weighted by Gasteiger charge is -2.21. The predicted molar refractivity (Wildman–Crippen MR) is 101 cm³/mol. The molecule has 0 aliphatic carbocycles. The summed E-state index contributed by atoms with van der Waals surface area (Å²) in [5.41, 5.74) is 2.98. The Morgan fingerprint density at radius 1 is 1.08 bits per heavy atom. The second-order valence-electron chi connectivity index (χ2n) is 6.07. The van der Waals surface area contributed by atoms with Crippen LogP contribution in [0.5, 0.6) is 0 Å². The monoisotopic (exact) mass is 357 g/mol. The number of carbonyl (C=O) groups excluding carboxylic acids is 2. The van der Waals surface area contributed by atoms with Crippen molar-refractivity contribution in [2.75, 3.05) is 19.8 Å². The van der Waals surface area contributed by atoms with Crippen molar-refractivity contribution in [1.82, 2.24) is 4.90 Å². The Bertz CT molecular complexity index is 744. The van der Waals surface area contributed by atoms with Crippen molar-refractivity contribution in [3.05, 3.63) is 65.2 Å². The summed E-state index contributed by atoms with van der Waals surface area (Å²) >= 11 is 1.42. The van der Waals surface area contributed by atoms with Crippen LogP contribution in [-0.2, 0) is 14.3 Å². The molecule has 0 fully saturated rings. The van der Waals surface area contributed by atoms with Crippen molar-refractivity contribution < 1.29 is 14.3 Å². The summed E-state index contributed by atoms with van der Waals surface area (Å²) in [6, 6.07) is 15.2. The lowest BCUT2D eigenvalue weighted by Crippen LogP contribution is -2.31. The van der Waals surface area contributed by atoms with E-state index in [9.17, 15) is 9.59 Å². The second kappa shape index (κ2) is 8.72. The highest BCUT2D eigenvalue weighted by Gasteiger charge is 2.26. The molecule has 25 heavy (non-hydrogen) atoms. The molecular formula is C20H23NO3S. The van der Waals surface area contributed by atoms with Gasteiger partial charge in [-0.25, -0.2) is 0 Å². The van der Waals surface area contributed by atoms with Gasteiger partial charge in [-0.05, 0) is 25.5 Å². The third-order valence-corrected chi connectivity index (χ3v) is 4.84. The summed E-state index contributed by atoms with van der Waals surface area (Å²) < 4.78 is 5.49. The minimum atomic E-state index is -0.914. The van der Waals surface area contributed by atoms with Gasteiger partial charge in [0.1, 0.15) is 0 Å². The molecule has 5 heteroatoms. The van der Waals surface area contributed by atoms with Gasteiger partial charge in [0.15, 0.2) is 0 Å². The minimum Gasteiger partial charge on any atom is -0.447 e. The molecule has 0 aliphatic heterocycles. The van der Waals surface area contributed by atoms with Crippen molar-refractivity contribution in [2.24, 2.45) is 0 Å². The van der Waals surface area contributed by atoms with E-state index in [-0.39, 0.29) is 11.7 Å². The zero-order chi connectivity index (χ0) is 18.4. The standard InChI is InChI=1S/C20H23NO3S/c1-14-10-11-17(15(2)12-14)25-13-18(22)24-19(20(23)21(3)4)16-8-6-5-7-9-16/h5-12,19H,13H2,1-4H3/t19-/m0/s1. The molecule has 0 spiro atoms. The van der Waals surface area contributed by atoms with E-state index >= 15 is 0 Å². The summed E-state index contributed by atoms with van der Waals surface area (Å²) in [5, 5.41) is 0. The molecule has 0 unspecified atom stereocenters. The van der Waals surface area contributed by atoms with E-state index in [1.807, 2.05) is 44.2 Å². The van der Waals surface area contributed by atoms with Gasteiger partial charge in [0.05, 0.1) is 5.75 Å². The molecule has 0 saturated carbocycles. The van der Waals surface area contributed by atoms with Crippen LogP contribution < -0.4 is 0 Å². The zero-order valence-corrected chi connectivity index (χ0v) is 15.8. The molecule has 1 atom stereocenters. The molecule has 132 valence electrons. The summed E-state index contributed by atoms with van der Waals surface area (Å²) in [6.07, 6.45) is -0.914. The second-order valence-corrected chi connectivity index (χ2v) is 7.09. The number of carbonyl (C=O) groups is 2. The molecule has 2 aromatic rings. The lowest BCUT2D eigenvalue weighted by molar-refractivity contribution is -0.157. The quantitative estimate of drug-likeness (QED) is 0.583. The Morgan fingerprint density at radius 3 is 2.36 bits per heavy atom. The molecule has 1 amide bonds. The van der Waals surface area contributed by atoms with E-state index in [1.165, 1.54) is 22.2 Å². The molecule has 0 heterocycles. The van der Waals surface area contributed by atoms with Crippen molar-refractivity contribution in [3.8, 4) is 0 Å². The summed E-state index contributed by atoms with van der Waals surface area (Å²) in [7, 11) is 3.30. The normalized spacial score (nSPS) is 11.7. The number of hydrogen-bond acceptors (Lipinski definition) is 4. The fraction of sp³-hybridized carbons (Fsp3) is 0.300. The average molecular weight is 357 g/mol. The molecular weight excluding hydrogens is 334 g/mol. The number of thioether (sulfide) groups is 1. The van der Waals surface area contributed by atoms with Crippen LogP contribution >= 0.6 is 11.8 Å². The van der Waals surface area contributed by atoms with Crippen LogP contribution in [0.15, 0.2) is 53.4 Å². The van der Waals surface area contributed by atoms with Gasteiger partial charge in [0.25, 0.3) is 5.91 Å². The Hall–Kier alpha value is -2.27. The van der Waals surface area contributed by atoms with Gasteiger partial charge in [-0.15, -0.1) is 11.8 Å². The third-order valence-electron chi connectivity index (χ3n) is 3.69. The lowest BCUT2D eigenvalue weighted by atomic mass is 10.1. The maximum absolute atomic E-state index is 12.4. The number of esters is 1. The molecule has 0 N–H and O–H groups in total. The molecule has 0 saturated heterocycles. The van der Waals surface area contributed by atoms with Crippen molar-refractivity contribution in [2.45, 2.75) is 24.8 Å². The fourth-order valence-electron chi connectivity index (χ4n) is 2.39. The maximum atomic E-state index is 12.4. The van der Waals surface area contributed by atoms with E-state index in [2.05, 4.69) is 6.07 Å². The van der Waals surface area contributed by atoms with E-state index in [0.29, 0.717) is 5.56 Å². The Balaban J connectivity index is 2.05. The van der Waals surface area contributed by atoms with Gasteiger partial charge in [0, 0.05) is 24.6 Å². The van der Waals surface area contributed by atoms with Gasteiger partial charge in [-0.2, -0.15) is 0 Å². The Labute approximate surface area is 153 Å². The number of nitrogens with zero attached hydrogens (tertiary/aromatic N) is 1. The van der Waals surface area contributed by atoms with Crippen LogP contribution in [0.3, 0.4) is 0 Å². The van der Waals surface area contributed by atoms with E-state index in [0.717, 1.165) is 10.5 Å². The first kappa shape index (κ1) is 19.1. The molecule has 0 aromatic heterocycles. The molecule has 0 bridgehead atoms. The first-order valence-corrected chi connectivity index (χ1v) is 9.02. The molecule has 0 radical (unpaired) electrons.